The first-order valence-electron chi connectivity index (χ1n) is 8.72. The summed E-state index contributed by atoms with van der Waals surface area (Å²) < 4.78 is 0. The number of allylic oxidation sites excluding steroid dienone is 6. The molecular formula is C20H36. The van der Waals surface area contributed by atoms with Crippen molar-refractivity contribution in [3.63, 3.8) is 0 Å². The molecule has 0 rings (SSSR count). The lowest BCUT2D eigenvalue weighted by atomic mass is 10.0. The minimum atomic E-state index is 0.878. The Kier molecular flexibility index (Phi) is 15.6. The standard InChI is InChI=1S/C20H36/c1-4-5-6-7-8-9-10-11-12-13-14-15-16-17-18-19-20(2)3/h5-6,8-9,11-12,20H,4,7,10,13-19H2,1-3H3/b6-5+,9-8+,12-11+. The molecule has 0 saturated heterocycles. The Morgan fingerprint density at radius 1 is 0.650 bits per heavy atom. The summed E-state index contributed by atoms with van der Waals surface area (Å²) in [6.45, 7) is 6.81. The van der Waals surface area contributed by atoms with Crippen LogP contribution in [-0.4, -0.2) is 0 Å². The molecule has 0 nitrogen and oxygen atoms in total. The third-order valence-corrected chi connectivity index (χ3v) is 3.43. The Morgan fingerprint density at radius 3 is 1.85 bits per heavy atom. The maximum absolute atomic E-state index is 2.35. The molecule has 0 fully saturated rings. The molecule has 0 aliphatic heterocycles. The highest BCUT2D eigenvalue weighted by Crippen LogP contribution is 2.11. The van der Waals surface area contributed by atoms with E-state index >= 15 is 0 Å². The molecule has 0 heteroatoms. The van der Waals surface area contributed by atoms with Crippen LogP contribution in [-0.2, 0) is 0 Å². The molecule has 0 spiro atoms. The molecule has 0 aliphatic carbocycles. The van der Waals surface area contributed by atoms with Crippen LogP contribution in [0.4, 0.5) is 0 Å². The SMILES string of the molecule is CC/C=C/C/C=C/C/C=C/CCCCCCCC(C)C. The minimum absolute atomic E-state index is 0.878. The summed E-state index contributed by atoms with van der Waals surface area (Å²) in [5.74, 6) is 0.878. The van der Waals surface area contributed by atoms with E-state index in [1.165, 1.54) is 44.9 Å². The second-order valence-corrected chi connectivity index (χ2v) is 6.03. The van der Waals surface area contributed by atoms with Crippen LogP contribution in [0.5, 0.6) is 0 Å². The summed E-state index contributed by atoms with van der Waals surface area (Å²) in [6.07, 6.45) is 26.6. The van der Waals surface area contributed by atoms with Crippen molar-refractivity contribution in [3.8, 4) is 0 Å². The second kappa shape index (κ2) is 16.3. The van der Waals surface area contributed by atoms with Crippen LogP contribution < -0.4 is 0 Å². The molecule has 0 radical (unpaired) electrons. The maximum Gasteiger partial charge on any atom is -0.0169 e. The van der Waals surface area contributed by atoms with Gasteiger partial charge in [-0.05, 0) is 38.0 Å². The highest BCUT2D eigenvalue weighted by molar-refractivity contribution is 4.96. The Hall–Kier alpha value is -0.780. The van der Waals surface area contributed by atoms with Gasteiger partial charge in [-0.1, -0.05) is 89.3 Å². The normalized spacial score (nSPS) is 12.6. The van der Waals surface area contributed by atoms with E-state index in [-0.39, 0.29) is 0 Å². The number of hydrogen-bond donors (Lipinski definition) is 0. The summed E-state index contributed by atoms with van der Waals surface area (Å²) in [6, 6.07) is 0. The molecule has 0 aromatic heterocycles. The van der Waals surface area contributed by atoms with Gasteiger partial charge in [-0.3, -0.25) is 0 Å². The van der Waals surface area contributed by atoms with Crippen molar-refractivity contribution in [1.29, 1.82) is 0 Å². The van der Waals surface area contributed by atoms with Gasteiger partial charge >= 0.3 is 0 Å². The van der Waals surface area contributed by atoms with E-state index in [2.05, 4.69) is 57.2 Å². The van der Waals surface area contributed by atoms with E-state index in [0.29, 0.717) is 0 Å². The molecule has 0 aliphatic rings. The van der Waals surface area contributed by atoms with Gasteiger partial charge in [-0.2, -0.15) is 0 Å². The van der Waals surface area contributed by atoms with Gasteiger partial charge in [0.25, 0.3) is 0 Å². The van der Waals surface area contributed by atoms with E-state index in [0.717, 1.165) is 25.2 Å². The quantitative estimate of drug-likeness (QED) is 0.246. The first-order chi connectivity index (χ1) is 9.77. The fourth-order valence-electron chi connectivity index (χ4n) is 2.17. The van der Waals surface area contributed by atoms with Crippen LogP contribution in [0.1, 0.15) is 85.0 Å². The van der Waals surface area contributed by atoms with E-state index in [4.69, 9.17) is 0 Å². The average Bonchev–Trinajstić information content (AvgIpc) is 2.43. The molecule has 0 amide bonds. The Bertz CT molecular complexity index is 255. The predicted molar refractivity (Wildman–Crippen MR) is 94.1 cm³/mol. The first-order valence-corrected chi connectivity index (χ1v) is 8.72. The van der Waals surface area contributed by atoms with Gasteiger partial charge in [0.2, 0.25) is 0 Å². The lowest BCUT2D eigenvalue weighted by Crippen LogP contribution is -1.86. The van der Waals surface area contributed by atoms with Crippen LogP contribution in [0, 0.1) is 5.92 Å². The molecule has 0 aromatic carbocycles. The van der Waals surface area contributed by atoms with Crippen LogP contribution in [0.2, 0.25) is 0 Å². The van der Waals surface area contributed by atoms with Crippen molar-refractivity contribution >= 4 is 0 Å². The Morgan fingerprint density at radius 2 is 1.20 bits per heavy atom. The van der Waals surface area contributed by atoms with Gasteiger partial charge in [-0.25, -0.2) is 0 Å². The Balaban J connectivity index is 3.21. The predicted octanol–water partition coefficient (Wildman–Crippen LogP) is 7.23. The zero-order valence-corrected chi connectivity index (χ0v) is 14.1. The van der Waals surface area contributed by atoms with Gasteiger partial charge in [0.05, 0.1) is 0 Å². The molecular weight excluding hydrogens is 240 g/mol. The third kappa shape index (κ3) is 17.2. The van der Waals surface area contributed by atoms with Gasteiger partial charge in [0.15, 0.2) is 0 Å². The fraction of sp³-hybridized carbons (Fsp3) is 0.700. The molecule has 0 heterocycles. The summed E-state index contributed by atoms with van der Waals surface area (Å²) in [7, 11) is 0. The fourth-order valence-corrected chi connectivity index (χ4v) is 2.17. The number of rotatable bonds is 13. The molecule has 0 N–H and O–H groups in total. The molecule has 0 aromatic rings. The highest BCUT2D eigenvalue weighted by atomic mass is 14.0. The van der Waals surface area contributed by atoms with Gasteiger partial charge in [-0.15, -0.1) is 0 Å². The van der Waals surface area contributed by atoms with Gasteiger partial charge < -0.3 is 0 Å². The van der Waals surface area contributed by atoms with Crippen LogP contribution in [0.3, 0.4) is 0 Å². The second-order valence-electron chi connectivity index (χ2n) is 6.03. The summed E-state index contributed by atoms with van der Waals surface area (Å²) in [5, 5.41) is 0. The van der Waals surface area contributed by atoms with E-state index in [9.17, 15) is 0 Å². The molecule has 116 valence electrons. The third-order valence-electron chi connectivity index (χ3n) is 3.43. The van der Waals surface area contributed by atoms with Crippen molar-refractivity contribution < 1.29 is 0 Å². The first kappa shape index (κ1) is 19.2. The summed E-state index contributed by atoms with van der Waals surface area (Å²) in [5.41, 5.74) is 0. The Labute approximate surface area is 128 Å². The zero-order valence-electron chi connectivity index (χ0n) is 14.1. The lowest BCUT2D eigenvalue weighted by Gasteiger charge is -2.03. The molecule has 0 saturated carbocycles. The van der Waals surface area contributed by atoms with Crippen molar-refractivity contribution in [2.75, 3.05) is 0 Å². The van der Waals surface area contributed by atoms with Gasteiger partial charge in [0.1, 0.15) is 0 Å². The summed E-state index contributed by atoms with van der Waals surface area (Å²) >= 11 is 0. The number of unbranched alkanes of at least 4 members (excludes halogenated alkanes) is 5. The molecule has 0 atom stereocenters. The monoisotopic (exact) mass is 276 g/mol. The van der Waals surface area contributed by atoms with Crippen molar-refractivity contribution in [2.24, 2.45) is 5.92 Å². The minimum Gasteiger partial charge on any atom is -0.0885 e. The van der Waals surface area contributed by atoms with E-state index in [1.807, 2.05) is 0 Å². The van der Waals surface area contributed by atoms with Crippen LogP contribution >= 0.6 is 0 Å². The van der Waals surface area contributed by atoms with Crippen molar-refractivity contribution in [3.05, 3.63) is 36.5 Å². The molecule has 20 heavy (non-hydrogen) atoms. The van der Waals surface area contributed by atoms with E-state index in [1.54, 1.807) is 0 Å². The lowest BCUT2D eigenvalue weighted by molar-refractivity contribution is 0.516. The zero-order chi connectivity index (χ0) is 14.9. The van der Waals surface area contributed by atoms with Crippen LogP contribution in [0.25, 0.3) is 0 Å². The van der Waals surface area contributed by atoms with Crippen molar-refractivity contribution in [1.82, 2.24) is 0 Å². The van der Waals surface area contributed by atoms with Gasteiger partial charge in [0, 0.05) is 0 Å². The largest absolute Gasteiger partial charge is 0.0885 e. The topological polar surface area (TPSA) is 0 Å². The smallest absolute Gasteiger partial charge is 0.0169 e. The number of hydrogen-bond acceptors (Lipinski definition) is 0. The average molecular weight is 277 g/mol. The molecule has 0 unspecified atom stereocenters. The molecule has 0 bridgehead atoms. The van der Waals surface area contributed by atoms with Crippen LogP contribution in [0.15, 0.2) is 36.5 Å². The maximum atomic E-state index is 2.35. The summed E-state index contributed by atoms with van der Waals surface area (Å²) in [4.78, 5) is 0. The van der Waals surface area contributed by atoms with Crippen molar-refractivity contribution in [2.45, 2.75) is 85.0 Å². The highest BCUT2D eigenvalue weighted by Gasteiger charge is 1.93. The van der Waals surface area contributed by atoms with E-state index < -0.39 is 0 Å².